The maximum absolute atomic E-state index is 5.49. The van der Waals surface area contributed by atoms with Gasteiger partial charge in [-0.1, -0.05) is 6.92 Å². The molecule has 2 saturated heterocycles. The quantitative estimate of drug-likeness (QED) is 0.595. The van der Waals surface area contributed by atoms with Crippen LogP contribution in [0, 0.1) is 0 Å². The summed E-state index contributed by atoms with van der Waals surface area (Å²) in [6, 6.07) is 1.52. The molecule has 2 rings (SSSR count). The molecule has 0 amide bonds. The van der Waals surface area contributed by atoms with Crippen LogP contribution in [0.25, 0.3) is 0 Å². The van der Waals surface area contributed by atoms with Gasteiger partial charge in [-0.15, -0.1) is 0 Å². The van der Waals surface area contributed by atoms with E-state index in [9.17, 15) is 0 Å². The zero-order chi connectivity index (χ0) is 7.68. The Morgan fingerprint density at radius 1 is 1.27 bits per heavy atom. The Hall–Kier alpha value is -0.0800. The van der Waals surface area contributed by atoms with Gasteiger partial charge in [0, 0.05) is 12.1 Å². The molecule has 2 unspecified atom stereocenters. The second kappa shape index (κ2) is 3.11. The highest BCUT2D eigenvalue weighted by molar-refractivity contribution is 4.90. The van der Waals surface area contributed by atoms with Crippen molar-refractivity contribution < 1.29 is 4.74 Å². The summed E-state index contributed by atoms with van der Waals surface area (Å²) in [7, 11) is 0. The Balaban J connectivity index is 1.97. The van der Waals surface area contributed by atoms with Gasteiger partial charge in [0.25, 0.3) is 0 Å². The first-order valence-corrected chi connectivity index (χ1v) is 4.75. The van der Waals surface area contributed by atoms with E-state index in [4.69, 9.17) is 4.74 Å². The van der Waals surface area contributed by atoms with E-state index in [2.05, 4.69) is 11.8 Å². The minimum absolute atomic E-state index is 0.758. The summed E-state index contributed by atoms with van der Waals surface area (Å²) in [4.78, 5) is 2.64. The average Bonchev–Trinajstić information content (AvgIpc) is 2.30. The Morgan fingerprint density at radius 3 is 2.45 bits per heavy atom. The van der Waals surface area contributed by atoms with E-state index >= 15 is 0 Å². The summed E-state index contributed by atoms with van der Waals surface area (Å²) in [6.45, 7) is 5.50. The number of hydrogen-bond acceptors (Lipinski definition) is 2. The number of hydrogen-bond donors (Lipinski definition) is 0. The lowest BCUT2D eigenvalue weighted by molar-refractivity contribution is -0.0142. The molecular weight excluding hydrogens is 138 g/mol. The topological polar surface area (TPSA) is 12.5 Å². The third kappa shape index (κ3) is 1.30. The summed E-state index contributed by atoms with van der Waals surface area (Å²) in [5.41, 5.74) is 0. The number of nitrogens with zero attached hydrogens (tertiary/aromatic N) is 1. The van der Waals surface area contributed by atoms with Crippen LogP contribution in [0.5, 0.6) is 0 Å². The molecule has 2 aliphatic rings. The van der Waals surface area contributed by atoms with Gasteiger partial charge in [-0.3, -0.25) is 4.90 Å². The molecule has 2 heterocycles. The van der Waals surface area contributed by atoms with Gasteiger partial charge < -0.3 is 4.74 Å². The zero-order valence-electron chi connectivity index (χ0n) is 7.25. The van der Waals surface area contributed by atoms with Crippen LogP contribution >= 0.6 is 0 Å². The first kappa shape index (κ1) is 7.56. The maximum Gasteiger partial charge on any atom is 0.0622 e. The monoisotopic (exact) mass is 155 g/mol. The summed E-state index contributed by atoms with van der Waals surface area (Å²) in [5.74, 6) is 0. The van der Waals surface area contributed by atoms with Crippen LogP contribution in [0.2, 0.25) is 0 Å². The molecule has 0 radical (unpaired) electrons. The predicted molar refractivity (Wildman–Crippen MR) is 44.6 cm³/mol. The fourth-order valence-corrected chi connectivity index (χ4v) is 2.34. The van der Waals surface area contributed by atoms with Gasteiger partial charge >= 0.3 is 0 Å². The lowest BCUT2D eigenvalue weighted by atomic mass is 10.2. The van der Waals surface area contributed by atoms with E-state index in [1.165, 1.54) is 25.8 Å². The van der Waals surface area contributed by atoms with Crippen molar-refractivity contribution in [2.24, 2.45) is 0 Å². The fraction of sp³-hybridized carbons (Fsp3) is 1.00. The van der Waals surface area contributed by atoms with Crippen molar-refractivity contribution in [3.8, 4) is 0 Å². The average molecular weight is 155 g/mol. The molecule has 2 fully saturated rings. The first-order chi connectivity index (χ1) is 5.42. The molecule has 2 heteroatoms. The van der Waals surface area contributed by atoms with Gasteiger partial charge in [0.05, 0.1) is 13.2 Å². The molecule has 2 atom stereocenters. The molecule has 11 heavy (non-hydrogen) atoms. The number of ether oxygens (including phenoxy) is 1. The molecule has 0 aromatic heterocycles. The first-order valence-electron chi connectivity index (χ1n) is 4.75. The molecule has 0 spiro atoms. The normalized spacial score (nSPS) is 37.9. The second-order valence-electron chi connectivity index (χ2n) is 3.66. The molecule has 0 saturated carbocycles. The molecule has 0 aliphatic carbocycles. The molecule has 0 N–H and O–H groups in total. The highest BCUT2D eigenvalue weighted by atomic mass is 16.5. The molecule has 0 aromatic rings. The van der Waals surface area contributed by atoms with Gasteiger partial charge in [-0.2, -0.15) is 0 Å². The smallest absolute Gasteiger partial charge is 0.0622 e. The molecule has 2 nitrogen and oxygen atoms in total. The Labute approximate surface area is 68.5 Å². The van der Waals surface area contributed by atoms with Crippen LogP contribution in [0.3, 0.4) is 0 Å². The van der Waals surface area contributed by atoms with Crippen LogP contribution in [-0.4, -0.2) is 36.7 Å². The minimum atomic E-state index is 0.758. The van der Waals surface area contributed by atoms with Crippen LogP contribution < -0.4 is 0 Å². The van der Waals surface area contributed by atoms with Crippen LogP contribution in [0.1, 0.15) is 26.2 Å². The van der Waals surface area contributed by atoms with E-state index in [1.807, 2.05) is 0 Å². The van der Waals surface area contributed by atoms with Crippen molar-refractivity contribution in [2.45, 2.75) is 38.3 Å². The van der Waals surface area contributed by atoms with Gasteiger partial charge in [0.15, 0.2) is 0 Å². The van der Waals surface area contributed by atoms with Crippen LogP contribution in [0.4, 0.5) is 0 Å². The number of fused-ring (bicyclic) bond motifs is 2. The largest absolute Gasteiger partial charge is 0.378 e. The number of morpholine rings is 1. The highest BCUT2D eigenvalue weighted by Gasteiger charge is 2.36. The predicted octanol–water partition coefficient (Wildman–Crippen LogP) is 1.26. The van der Waals surface area contributed by atoms with Gasteiger partial charge in [0.2, 0.25) is 0 Å². The third-order valence-electron chi connectivity index (χ3n) is 2.87. The Kier molecular flexibility index (Phi) is 2.14. The van der Waals surface area contributed by atoms with Crippen molar-refractivity contribution in [2.75, 3.05) is 19.8 Å². The SMILES string of the molecule is CCCN1C2CCC1COC2. The van der Waals surface area contributed by atoms with E-state index < -0.39 is 0 Å². The molecule has 0 aromatic carbocycles. The summed E-state index contributed by atoms with van der Waals surface area (Å²) in [5, 5.41) is 0. The van der Waals surface area contributed by atoms with Gasteiger partial charge in [-0.25, -0.2) is 0 Å². The summed E-state index contributed by atoms with van der Waals surface area (Å²) in [6.07, 6.45) is 4.02. The molecule has 64 valence electrons. The van der Waals surface area contributed by atoms with Crippen molar-refractivity contribution in [1.82, 2.24) is 4.90 Å². The zero-order valence-corrected chi connectivity index (χ0v) is 7.25. The van der Waals surface area contributed by atoms with E-state index in [0.29, 0.717) is 0 Å². The van der Waals surface area contributed by atoms with E-state index in [0.717, 1.165) is 25.3 Å². The second-order valence-corrected chi connectivity index (χ2v) is 3.66. The van der Waals surface area contributed by atoms with Crippen molar-refractivity contribution >= 4 is 0 Å². The maximum atomic E-state index is 5.49. The third-order valence-corrected chi connectivity index (χ3v) is 2.87. The van der Waals surface area contributed by atoms with Crippen LogP contribution in [-0.2, 0) is 4.74 Å². The summed E-state index contributed by atoms with van der Waals surface area (Å²) >= 11 is 0. The van der Waals surface area contributed by atoms with Gasteiger partial charge in [0.1, 0.15) is 0 Å². The van der Waals surface area contributed by atoms with Crippen LogP contribution in [0.15, 0.2) is 0 Å². The Morgan fingerprint density at radius 2 is 1.91 bits per heavy atom. The van der Waals surface area contributed by atoms with Crippen molar-refractivity contribution in [3.63, 3.8) is 0 Å². The lowest BCUT2D eigenvalue weighted by Crippen LogP contribution is -2.45. The summed E-state index contributed by atoms with van der Waals surface area (Å²) < 4.78 is 5.49. The van der Waals surface area contributed by atoms with Gasteiger partial charge in [-0.05, 0) is 25.8 Å². The minimum Gasteiger partial charge on any atom is -0.378 e. The van der Waals surface area contributed by atoms with Crippen molar-refractivity contribution in [1.29, 1.82) is 0 Å². The molecule has 2 aliphatic heterocycles. The Bertz CT molecular complexity index is 122. The van der Waals surface area contributed by atoms with Crippen molar-refractivity contribution in [3.05, 3.63) is 0 Å². The molecule has 2 bridgehead atoms. The standard InChI is InChI=1S/C9H17NO/c1-2-5-10-8-3-4-9(10)7-11-6-8/h8-9H,2-7H2,1H3. The molecular formula is C9H17NO. The van der Waals surface area contributed by atoms with E-state index in [-0.39, 0.29) is 0 Å². The highest BCUT2D eigenvalue weighted by Crippen LogP contribution is 2.28. The lowest BCUT2D eigenvalue weighted by Gasteiger charge is -2.34. The number of rotatable bonds is 2. The van der Waals surface area contributed by atoms with E-state index in [1.54, 1.807) is 0 Å². The fourth-order valence-electron chi connectivity index (χ4n) is 2.34.